The van der Waals surface area contributed by atoms with E-state index in [2.05, 4.69) is 18.8 Å². The molecule has 0 spiro atoms. The van der Waals surface area contributed by atoms with Crippen molar-refractivity contribution in [3.63, 3.8) is 0 Å². The lowest BCUT2D eigenvalue weighted by molar-refractivity contribution is -0.125. The summed E-state index contributed by atoms with van der Waals surface area (Å²) in [6.07, 6.45) is 5.46. The molecule has 3 rings (SSSR count). The van der Waals surface area contributed by atoms with Gasteiger partial charge in [-0.2, -0.15) is 0 Å². The fraction of sp³-hybridized carbons (Fsp3) is 0.667. The highest BCUT2D eigenvalue weighted by molar-refractivity contribution is 7.15. The third kappa shape index (κ3) is 5.25. The Morgan fingerprint density at radius 1 is 1.20 bits per heavy atom. The monoisotopic (exact) mass is 431 g/mol. The molecule has 1 heterocycles. The van der Waals surface area contributed by atoms with Gasteiger partial charge in [0.25, 0.3) is 0 Å². The third-order valence-electron chi connectivity index (χ3n) is 6.10. The molecule has 1 N–H and O–H groups in total. The Bertz CT molecular complexity index is 843. The topological polar surface area (TPSA) is 66.8 Å². The van der Waals surface area contributed by atoms with Crippen LogP contribution in [0.3, 0.4) is 0 Å². The van der Waals surface area contributed by atoms with Crippen LogP contribution in [0.15, 0.2) is 6.07 Å². The van der Waals surface area contributed by atoms with E-state index in [1.165, 1.54) is 0 Å². The number of anilines is 1. The molecule has 0 bridgehead atoms. The lowest BCUT2D eigenvalue weighted by Crippen LogP contribution is -2.53. The number of thiophene rings is 1. The van der Waals surface area contributed by atoms with Crippen LogP contribution in [-0.4, -0.2) is 36.2 Å². The highest BCUT2D eigenvalue weighted by Gasteiger charge is 2.41. The van der Waals surface area contributed by atoms with Gasteiger partial charge in [-0.3, -0.25) is 4.79 Å². The molecular weight excluding hydrogens is 398 g/mol. The van der Waals surface area contributed by atoms with Gasteiger partial charge < -0.3 is 14.7 Å². The van der Waals surface area contributed by atoms with E-state index in [9.17, 15) is 14.7 Å². The number of carboxylic acids is 1. The van der Waals surface area contributed by atoms with Crippen LogP contribution in [0.4, 0.5) is 5.69 Å². The summed E-state index contributed by atoms with van der Waals surface area (Å²) < 4.78 is 5.43. The van der Waals surface area contributed by atoms with Crippen LogP contribution in [-0.2, 0) is 9.53 Å². The molecule has 1 aromatic rings. The maximum Gasteiger partial charge on any atom is 0.348 e. The molecule has 0 radical (unpaired) electrons. The molecule has 0 aromatic carbocycles. The molecule has 5 nitrogen and oxygen atoms in total. The molecular formula is C24H33NO4S. The van der Waals surface area contributed by atoms with Crippen LogP contribution >= 0.6 is 11.3 Å². The minimum Gasteiger partial charge on any atom is -0.477 e. The molecule has 6 heteroatoms. The molecule has 0 atom stereocenters. The summed E-state index contributed by atoms with van der Waals surface area (Å²) in [5.74, 6) is 5.97. The molecule has 2 aliphatic carbocycles. The zero-order valence-electron chi connectivity index (χ0n) is 18.7. The first-order valence-corrected chi connectivity index (χ1v) is 11.7. The second kappa shape index (κ2) is 9.11. The van der Waals surface area contributed by atoms with Crippen molar-refractivity contribution in [2.24, 2.45) is 17.3 Å². The normalized spacial score (nSPS) is 26.3. The number of carbonyl (C=O) groups is 2. The predicted molar refractivity (Wildman–Crippen MR) is 120 cm³/mol. The summed E-state index contributed by atoms with van der Waals surface area (Å²) in [6.45, 7) is 8.29. The minimum absolute atomic E-state index is 0.0158. The number of ether oxygens (including phenoxy) is 1. The van der Waals surface area contributed by atoms with Crippen molar-refractivity contribution in [3.8, 4) is 11.8 Å². The Kier molecular flexibility index (Phi) is 6.94. The fourth-order valence-corrected chi connectivity index (χ4v) is 5.01. The Morgan fingerprint density at radius 3 is 2.37 bits per heavy atom. The number of methoxy groups -OCH3 is 1. The van der Waals surface area contributed by atoms with Gasteiger partial charge in [-0.1, -0.05) is 18.8 Å². The SMILES string of the molecule is CO[C@H]1C[C@@H](N(c2cc(C#CC(C)(C)C)sc2C(=O)O)C(=O)[C@H]2CC[C@H](C)CC2)C1. The number of carboxylic acid groups (broad SMARTS) is 1. The van der Waals surface area contributed by atoms with E-state index in [0.717, 1.165) is 49.9 Å². The Hall–Kier alpha value is -1.84. The van der Waals surface area contributed by atoms with Gasteiger partial charge >= 0.3 is 5.97 Å². The average molecular weight is 432 g/mol. The number of nitrogens with zero attached hydrogens (tertiary/aromatic N) is 1. The average Bonchev–Trinajstić information content (AvgIpc) is 3.06. The molecule has 0 saturated heterocycles. The fourth-order valence-electron chi connectivity index (χ4n) is 4.16. The largest absolute Gasteiger partial charge is 0.477 e. The Labute approximate surface area is 183 Å². The van der Waals surface area contributed by atoms with E-state index in [1.54, 1.807) is 18.1 Å². The van der Waals surface area contributed by atoms with Gasteiger partial charge in [-0.25, -0.2) is 4.79 Å². The van der Waals surface area contributed by atoms with E-state index < -0.39 is 5.97 Å². The molecule has 164 valence electrons. The van der Waals surface area contributed by atoms with Crippen LogP contribution in [0.5, 0.6) is 0 Å². The number of hydrogen-bond acceptors (Lipinski definition) is 4. The molecule has 1 amide bonds. The molecule has 2 saturated carbocycles. The Morgan fingerprint density at radius 2 is 1.83 bits per heavy atom. The summed E-state index contributed by atoms with van der Waals surface area (Å²) >= 11 is 1.16. The lowest BCUT2D eigenvalue weighted by atomic mass is 9.80. The van der Waals surface area contributed by atoms with Gasteiger partial charge in [0.15, 0.2) is 0 Å². The quantitative estimate of drug-likeness (QED) is 0.652. The number of hydrogen-bond donors (Lipinski definition) is 1. The van der Waals surface area contributed by atoms with Crippen molar-refractivity contribution in [2.75, 3.05) is 12.0 Å². The summed E-state index contributed by atoms with van der Waals surface area (Å²) in [5, 5.41) is 9.85. The van der Waals surface area contributed by atoms with E-state index in [4.69, 9.17) is 4.74 Å². The van der Waals surface area contributed by atoms with Gasteiger partial charge in [0, 0.05) is 24.5 Å². The number of amides is 1. The first kappa shape index (κ1) is 22.8. The minimum atomic E-state index is -1.00. The van der Waals surface area contributed by atoms with Crippen molar-refractivity contribution in [2.45, 2.75) is 78.4 Å². The first-order chi connectivity index (χ1) is 14.1. The smallest absolute Gasteiger partial charge is 0.348 e. The summed E-state index contributed by atoms with van der Waals surface area (Å²) in [5.41, 5.74) is 0.329. The summed E-state index contributed by atoms with van der Waals surface area (Å²) in [7, 11) is 1.68. The number of carbonyl (C=O) groups excluding carboxylic acids is 1. The number of aromatic carboxylic acids is 1. The van der Waals surface area contributed by atoms with Gasteiger partial charge in [0.05, 0.1) is 16.7 Å². The van der Waals surface area contributed by atoms with E-state index in [1.807, 2.05) is 20.8 Å². The predicted octanol–water partition coefficient (Wildman–Crippen LogP) is 5.18. The van der Waals surface area contributed by atoms with Crippen molar-refractivity contribution in [1.29, 1.82) is 0 Å². The van der Waals surface area contributed by atoms with Gasteiger partial charge in [0.2, 0.25) is 5.91 Å². The van der Waals surface area contributed by atoms with Gasteiger partial charge in [-0.15, -0.1) is 11.3 Å². The van der Waals surface area contributed by atoms with E-state index >= 15 is 0 Å². The zero-order valence-corrected chi connectivity index (χ0v) is 19.5. The number of rotatable bonds is 5. The van der Waals surface area contributed by atoms with Crippen molar-refractivity contribution < 1.29 is 19.4 Å². The van der Waals surface area contributed by atoms with E-state index in [0.29, 0.717) is 16.5 Å². The summed E-state index contributed by atoms with van der Waals surface area (Å²) in [4.78, 5) is 28.3. The zero-order chi connectivity index (χ0) is 22.1. The Balaban J connectivity index is 1.96. The molecule has 2 fully saturated rings. The van der Waals surface area contributed by atoms with Crippen LogP contribution in [0.1, 0.15) is 80.8 Å². The van der Waals surface area contributed by atoms with Crippen LogP contribution in [0.2, 0.25) is 0 Å². The highest BCUT2D eigenvalue weighted by atomic mass is 32.1. The van der Waals surface area contributed by atoms with E-state index in [-0.39, 0.29) is 34.3 Å². The molecule has 30 heavy (non-hydrogen) atoms. The van der Waals surface area contributed by atoms with Crippen molar-refractivity contribution in [3.05, 3.63) is 15.8 Å². The van der Waals surface area contributed by atoms with Crippen molar-refractivity contribution in [1.82, 2.24) is 0 Å². The van der Waals surface area contributed by atoms with Gasteiger partial charge in [-0.05, 0) is 71.3 Å². The highest BCUT2D eigenvalue weighted by Crippen LogP contribution is 2.40. The lowest BCUT2D eigenvalue weighted by Gasteiger charge is -2.43. The van der Waals surface area contributed by atoms with Crippen LogP contribution in [0, 0.1) is 29.1 Å². The third-order valence-corrected chi connectivity index (χ3v) is 7.13. The summed E-state index contributed by atoms with van der Waals surface area (Å²) in [6, 6.07) is 1.79. The second-order valence-corrected chi connectivity index (χ2v) is 10.8. The molecule has 0 aliphatic heterocycles. The standard InChI is InChI=1S/C24H33NO4S/c1-15-6-8-16(9-7-15)22(26)25(17-12-18(13-17)29-5)20-14-19(10-11-24(2,3)4)30-21(20)23(27)28/h14-18H,6-9,12-13H2,1-5H3,(H,27,28)/t15-,16-,17-,18+. The van der Waals surface area contributed by atoms with Crippen LogP contribution in [0.25, 0.3) is 0 Å². The molecule has 0 unspecified atom stereocenters. The maximum atomic E-state index is 13.6. The molecule has 2 aliphatic rings. The van der Waals surface area contributed by atoms with Gasteiger partial charge in [0.1, 0.15) is 4.88 Å². The second-order valence-electron chi connectivity index (χ2n) is 9.78. The van der Waals surface area contributed by atoms with Crippen LogP contribution < -0.4 is 4.90 Å². The van der Waals surface area contributed by atoms with Crippen molar-refractivity contribution >= 4 is 28.9 Å². The first-order valence-electron chi connectivity index (χ1n) is 10.8. The maximum absolute atomic E-state index is 13.6. The molecule has 1 aromatic heterocycles.